The summed E-state index contributed by atoms with van der Waals surface area (Å²) in [4.78, 5) is 0. The maximum Gasteiger partial charge on any atom is 0.169 e. The number of rotatable bonds is 7. The van der Waals surface area contributed by atoms with Gasteiger partial charge in [-0.3, -0.25) is 0 Å². The third kappa shape index (κ3) is 4.35. The van der Waals surface area contributed by atoms with Crippen LogP contribution in [0, 0.1) is 6.92 Å². The highest BCUT2D eigenvalue weighted by molar-refractivity contribution is 7.70. The molecule has 0 spiro atoms. The molecule has 1 atom stereocenters. The summed E-state index contributed by atoms with van der Waals surface area (Å²) in [6.45, 7) is 9.26. The monoisotopic (exact) mass is 365 g/mol. The highest BCUT2D eigenvalue weighted by atomic mass is 31.2. The summed E-state index contributed by atoms with van der Waals surface area (Å²) in [5, 5.41) is -0.258. The number of aryl methyl sites for hydroxylation is 1. The average Bonchev–Trinajstić information content (AvgIpc) is 3.00. The maximum absolute atomic E-state index is 6.41. The minimum atomic E-state index is -2.50. The summed E-state index contributed by atoms with van der Waals surface area (Å²) in [5.74, 6) is 1.56. The summed E-state index contributed by atoms with van der Waals surface area (Å²) in [7, 11) is 0.804. The number of hydrogen-bond acceptors (Lipinski definition) is 5. The minimum absolute atomic E-state index is 0.258. The van der Waals surface area contributed by atoms with Crippen molar-refractivity contribution in [1.82, 2.24) is 0 Å². The van der Waals surface area contributed by atoms with Gasteiger partial charge >= 0.3 is 0 Å². The van der Waals surface area contributed by atoms with Crippen LogP contribution in [0.25, 0.3) is 0 Å². The Balaban J connectivity index is 2.70. The molecule has 0 aliphatic heterocycles. The normalized spacial score (nSPS) is 14.2. The Morgan fingerprint density at radius 1 is 1.04 bits per heavy atom. The quantitative estimate of drug-likeness (QED) is 0.504. The second-order valence-corrected chi connectivity index (χ2v) is 10.1. The van der Waals surface area contributed by atoms with Gasteiger partial charge in [-0.1, -0.05) is 32.9 Å². The number of nitrogens with zero attached hydrogens (tertiary/aromatic N) is 1. The van der Waals surface area contributed by atoms with E-state index in [1.54, 1.807) is 14.2 Å². The second-order valence-electron chi connectivity index (χ2n) is 6.73. The van der Waals surface area contributed by atoms with E-state index in [0.29, 0.717) is 13.2 Å². The van der Waals surface area contributed by atoms with Crippen molar-refractivity contribution in [2.75, 3.05) is 27.4 Å². The van der Waals surface area contributed by atoms with E-state index in [1.807, 2.05) is 43.3 Å². The Morgan fingerprint density at radius 2 is 1.76 bits per heavy atom. The van der Waals surface area contributed by atoms with Gasteiger partial charge in [-0.2, -0.15) is 0 Å². The number of ether oxygens (including phenoxy) is 2. The van der Waals surface area contributed by atoms with E-state index < -0.39 is 7.28 Å². The predicted molar refractivity (Wildman–Crippen MR) is 103 cm³/mol. The molecule has 2 aromatic rings. The Bertz CT molecular complexity index is 746. The van der Waals surface area contributed by atoms with Crippen molar-refractivity contribution in [3.05, 3.63) is 42.2 Å². The van der Waals surface area contributed by atoms with Crippen LogP contribution in [0.2, 0.25) is 0 Å². The van der Waals surface area contributed by atoms with Crippen molar-refractivity contribution in [3.8, 4) is 5.75 Å². The lowest BCUT2D eigenvalue weighted by Gasteiger charge is -2.35. The SMILES string of the molecule is COCCOP(=Nc1ccccc1OC)(c1ccc(C)o1)C(C)(C)C. The fourth-order valence-electron chi connectivity index (χ4n) is 2.52. The third-order valence-electron chi connectivity index (χ3n) is 3.83. The van der Waals surface area contributed by atoms with Gasteiger partial charge in [0.2, 0.25) is 0 Å². The van der Waals surface area contributed by atoms with E-state index >= 15 is 0 Å². The molecule has 1 unspecified atom stereocenters. The molecule has 0 aliphatic rings. The largest absolute Gasteiger partial charge is 0.494 e. The molecule has 6 heteroatoms. The van der Waals surface area contributed by atoms with Crippen LogP contribution in [0.3, 0.4) is 0 Å². The molecule has 1 heterocycles. The molecule has 5 nitrogen and oxygen atoms in total. The predicted octanol–water partition coefficient (Wildman–Crippen LogP) is 5.13. The molecular weight excluding hydrogens is 337 g/mol. The molecule has 0 N–H and O–H groups in total. The zero-order valence-electron chi connectivity index (χ0n) is 15.9. The van der Waals surface area contributed by atoms with Crippen LogP contribution < -0.4 is 10.2 Å². The van der Waals surface area contributed by atoms with Crippen LogP contribution in [-0.4, -0.2) is 32.6 Å². The van der Waals surface area contributed by atoms with E-state index in [0.717, 1.165) is 22.7 Å². The maximum atomic E-state index is 6.41. The zero-order valence-corrected chi connectivity index (χ0v) is 16.8. The third-order valence-corrected chi connectivity index (χ3v) is 7.54. The average molecular weight is 365 g/mol. The Kier molecular flexibility index (Phi) is 6.50. The Hall–Kier alpha value is -1.55. The second kappa shape index (κ2) is 8.22. The smallest absolute Gasteiger partial charge is 0.169 e. The molecule has 2 rings (SSSR count). The molecule has 0 amide bonds. The van der Waals surface area contributed by atoms with Gasteiger partial charge in [-0.05, 0) is 31.2 Å². The van der Waals surface area contributed by atoms with Crippen molar-refractivity contribution >= 4 is 18.5 Å². The first-order chi connectivity index (χ1) is 11.8. The van der Waals surface area contributed by atoms with Gasteiger partial charge < -0.3 is 18.4 Å². The van der Waals surface area contributed by atoms with Gasteiger partial charge in [0.25, 0.3) is 0 Å². The van der Waals surface area contributed by atoms with E-state index in [2.05, 4.69) is 20.8 Å². The van der Waals surface area contributed by atoms with Crippen LogP contribution in [0.4, 0.5) is 5.69 Å². The van der Waals surface area contributed by atoms with Crippen LogP contribution in [0.1, 0.15) is 26.5 Å². The van der Waals surface area contributed by atoms with Gasteiger partial charge in [-0.15, -0.1) is 0 Å². The summed E-state index contributed by atoms with van der Waals surface area (Å²) in [6.07, 6.45) is 0. The van der Waals surface area contributed by atoms with Crippen LogP contribution in [-0.2, 0) is 9.26 Å². The molecule has 0 aliphatic carbocycles. The van der Waals surface area contributed by atoms with Gasteiger partial charge in [-0.25, -0.2) is 4.74 Å². The Labute approximate surface area is 150 Å². The number of hydrogen-bond donors (Lipinski definition) is 0. The molecule has 1 aromatic carbocycles. The standard InChI is InChI=1S/C19H28NO4P/c1-15-11-12-18(24-15)25(19(2,3)4,23-14-13-21-5)20-16-9-7-8-10-17(16)22-6/h7-12H,13-14H2,1-6H3. The van der Waals surface area contributed by atoms with E-state index in [9.17, 15) is 0 Å². The molecule has 0 saturated carbocycles. The number of methoxy groups -OCH3 is 2. The first kappa shape index (κ1) is 19.8. The summed E-state index contributed by atoms with van der Waals surface area (Å²) >= 11 is 0. The van der Waals surface area contributed by atoms with Crippen molar-refractivity contribution in [3.63, 3.8) is 0 Å². The van der Waals surface area contributed by atoms with Crippen molar-refractivity contribution in [1.29, 1.82) is 0 Å². The number of benzene rings is 1. The zero-order chi connectivity index (χ0) is 18.5. The first-order valence-corrected chi connectivity index (χ1v) is 9.96. The van der Waals surface area contributed by atoms with E-state index in [1.165, 1.54) is 0 Å². The highest BCUT2D eigenvalue weighted by Gasteiger charge is 2.40. The van der Waals surface area contributed by atoms with Crippen molar-refractivity contribution in [2.24, 2.45) is 4.74 Å². The summed E-state index contributed by atoms with van der Waals surface area (Å²) in [6, 6.07) is 11.6. The molecule has 1 aromatic heterocycles. The number of furan rings is 1. The van der Waals surface area contributed by atoms with Crippen molar-refractivity contribution in [2.45, 2.75) is 32.9 Å². The first-order valence-electron chi connectivity index (χ1n) is 8.30. The van der Waals surface area contributed by atoms with Crippen LogP contribution in [0.15, 0.2) is 45.6 Å². The lowest BCUT2D eigenvalue weighted by atomic mass is 10.3. The van der Waals surface area contributed by atoms with Crippen LogP contribution in [0.5, 0.6) is 5.75 Å². The fraction of sp³-hybridized carbons (Fsp3) is 0.474. The van der Waals surface area contributed by atoms with Gasteiger partial charge in [0.1, 0.15) is 17.2 Å². The molecule has 0 fully saturated rings. The van der Waals surface area contributed by atoms with Gasteiger partial charge in [0.15, 0.2) is 12.8 Å². The summed E-state index contributed by atoms with van der Waals surface area (Å²) < 4.78 is 28.2. The summed E-state index contributed by atoms with van der Waals surface area (Å²) in [5.41, 5.74) is 1.54. The van der Waals surface area contributed by atoms with E-state index in [4.69, 9.17) is 23.2 Å². The molecule has 0 saturated heterocycles. The Morgan fingerprint density at radius 3 is 2.32 bits per heavy atom. The van der Waals surface area contributed by atoms with Crippen LogP contribution >= 0.6 is 7.28 Å². The number of para-hydroxylation sites is 1. The minimum Gasteiger partial charge on any atom is -0.494 e. The molecule has 138 valence electrons. The molecule has 0 bridgehead atoms. The van der Waals surface area contributed by atoms with E-state index in [-0.39, 0.29) is 5.16 Å². The molecule has 0 radical (unpaired) electrons. The fourth-order valence-corrected chi connectivity index (χ4v) is 5.50. The lowest BCUT2D eigenvalue weighted by molar-refractivity contribution is 0.150. The highest BCUT2D eigenvalue weighted by Crippen LogP contribution is 2.63. The topological polar surface area (TPSA) is 53.2 Å². The lowest BCUT2D eigenvalue weighted by Crippen LogP contribution is -2.25. The molecular formula is C19H28NO4P. The van der Waals surface area contributed by atoms with Gasteiger partial charge in [0.05, 0.1) is 20.3 Å². The van der Waals surface area contributed by atoms with Crippen molar-refractivity contribution < 1.29 is 18.4 Å². The van der Waals surface area contributed by atoms with Gasteiger partial charge in [0, 0.05) is 12.3 Å². The molecule has 25 heavy (non-hydrogen) atoms.